The van der Waals surface area contributed by atoms with Crippen molar-refractivity contribution in [2.45, 2.75) is 6.18 Å². The monoisotopic (exact) mass is 390 g/mol. The van der Waals surface area contributed by atoms with Crippen molar-refractivity contribution >= 4 is 49.4 Å². The first-order chi connectivity index (χ1) is 6.89. The first-order valence-electron chi connectivity index (χ1n) is 3.80. The molecule has 0 aliphatic heterocycles. The van der Waals surface area contributed by atoms with Gasteiger partial charge in [0.15, 0.2) is 0 Å². The maximum absolute atomic E-state index is 12.4. The predicted octanol–water partition coefficient (Wildman–Crippen LogP) is 3.95. The largest absolute Gasteiger partial charge is 0.416 e. The Balaban J connectivity index is 2.74. The fourth-order valence-corrected chi connectivity index (χ4v) is 2.93. The lowest BCUT2D eigenvalue weighted by Crippen LogP contribution is -2.04. The third-order valence-corrected chi connectivity index (χ3v) is 3.30. The van der Waals surface area contributed by atoms with E-state index in [2.05, 4.69) is 26.1 Å². The molecule has 2 aromatic rings. The van der Waals surface area contributed by atoms with E-state index in [1.807, 2.05) is 22.6 Å². The summed E-state index contributed by atoms with van der Waals surface area (Å²) >= 11 is 5.09. The lowest BCUT2D eigenvalue weighted by Gasteiger charge is -2.06. The molecule has 0 aliphatic carbocycles. The minimum atomic E-state index is -4.35. The van der Waals surface area contributed by atoms with Crippen LogP contribution in [0, 0.1) is 3.70 Å². The Morgan fingerprint density at radius 1 is 1.33 bits per heavy atom. The molecule has 7 heteroatoms. The number of halogens is 5. The van der Waals surface area contributed by atoms with Gasteiger partial charge in [-0.1, -0.05) is 0 Å². The van der Waals surface area contributed by atoms with Crippen LogP contribution in [0.5, 0.6) is 0 Å². The van der Waals surface area contributed by atoms with Crippen molar-refractivity contribution < 1.29 is 13.2 Å². The smallest absolute Gasteiger partial charge is 0.271 e. The molecule has 0 radical (unpaired) electrons. The van der Waals surface area contributed by atoms with Gasteiger partial charge in [0.2, 0.25) is 0 Å². The zero-order valence-corrected chi connectivity index (χ0v) is 10.7. The number of H-pyrrole nitrogens is 1. The van der Waals surface area contributed by atoms with Gasteiger partial charge in [0.25, 0.3) is 0 Å². The highest BCUT2D eigenvalue weighted by Gasteiger charge is 2.31. The highest BCUT2D eigenvalue weighted by Crippen LogP contribution is 2.35. The molecule has 0 aliphatic rings. The van der Waals surface area contributed by atoms with Crippen LogP contribution in [0.15, 0.2) is 16.6 Å². The van der Waals surface area contributed by atoms with Crippen LogP contribution in [-0.4, -0.2) is 10.2 Å². The zero-order chi connectivity index (χ0) is 11.2. The summed E-state index contributed by atoms with van der Waals surface area (Å²) in [6.45, 7) is 0. The predicted molar refractivity (Wildman–Crippen MR) is 61.5 cm³/mol. The topological polar surface area (TPSA) is 28.7 Å². The number of rotatable bonds is 0. The zero-order valence-electron chi connectivity index (χ0n) is 6.99. The number of fused-ring (bicyclic) bond motifs is 1. The first kappa shape index (κ1) is 11.2. The summed E-state index contributed by atoms with van der Waals surface area (Å²) < 4.78 is 38.4. The van der Waals surface area contributed by atoms with Crippen molar-refractivity contribution in [2.75, 3.05) is 0 Å². The number of nitrogens with zero attached hydrogens (tertiary/aromatic N) is 1. The minimum Gasteiger partial charge on any atom is -0.271 e. The summed E-state index contributed by atoms with van der Waals surface area (Å²) in [6, 6.07) is 2.08. The molecule has 1 aromatic carbocycles. The van der Waals surface area contributed by atoms with Crippen molar-refractivity contribution in [1.82, 2.24) is 10.2 Å². The van der Waals surface area contributed by atoms with Gasteiger partial charge < -0.3 is 0 Å². The Morgan fingerprint density at radius 2 is 2.00 bits per heavy atom. The highest BCUT2D eigenvalue weighted by atomic mass is 127. The number of hydrogen-bond acceptors (Lipinski definition) is 1. The van der Waals surface area contributed by atoms with Gasteiger partial charge in [-0.05, 0) is 50.7 Å². The standard InChI is InChI=1S/C8H3BrF3IN2/c9-4-1-3(8(10,11)12)2-5-6(4)7(13)15-14-5/h1-2H,(H,14,15). The van der Waals surface area contributed by atoms with Crippen LogP contribution in [0.1, 0.15) is 5.56 Å². The molecule has 0 bridgehead atoms. The third-order valence-electron chi connectivity index (χ3n) is 1.89. The van der Waals surface area contributed by atoms with Gasteiger partial charge in [-0.3, -0.25) is 5.10 Å². The van der Waals surface area contributed by atoms with Crippen LogP contribution in [-0.2, 0) is 6.18 Å². The van der Waals surface area contributed by atoms with E-state index in [1.54, 1.807) is 0 Å². The van der Waals surface area contributed by atoms with E-state index in [0.29, 0.717) is 19.1 Å². The van der Waals surface area contributed by atoms with E-state index >= 15 is 0 Å². The molecule has 1 aromatic heterocycles. The van der Waals surface area contributed by atoms with E-state index < -0.39 is 11.7 Å². The van der Waals surface area contributed by atoms with Crippen LogP contribution in [0.25, 0.3) is 10.9 Å². The fraction of sp³-hybridized carbons (Fsp3) is 0.125. The average Bonchev–Trinajstić information content (AvgIpc) is 2.46. The Bertz CT molecular complexity index is 520. The van der Waals surface area contributed by atoms with E-state index in [-0.39, 0.29) is 0 Å². The van der Waals surface area contributed by atoms with Crippen LogP contribution >= 0.6 is 38.5 Å². The van der Waals surface area contributed by atoms with Crippen molar-refractivity contribution in [2.24, 2.45) is 0 Å². The summed E-state index contributed by atoms with van der Waals surface area (Å²) in [6.07, 6.45) is -4.35. The molecular weight excluding hydrogens is 388 g/mol. The van der Waals surface area contributed by atoms with Crippen LogP contribution < -0.4 is 0 Å². The first-order valence-corrected chi connectivity index (χ1v) is 5.67. The van der Waals surface area contributed by atoms with E-state index in [9.17, 15) is 13.2 Å². The lowest BCUT2D eigenvalue weighted by atomic mass is 10.1. The maximum Gasteiger partial charge on any atom is 0.416 e. The van der Waals surface area contributed by atoms with Crippen molar-refractivity contribution in [3.8, 4) is 0 Å². The van der Waals surface area contributed by atoms with E-state index in [4.69, 9.17) is 0 Å². The number of hydrogen-bond donors (Lipinski definition) is 1. The number of nitrogens with one attached hydrogen (secondary N) is 1. The Morgan fingerprint density at radius 3 is 2.60 bits per heavy atom. The third kappa shape index (κ3) is 1.99. The summed E-state index contributed by atoms with van der Waals surface area (Å²) in [5.41, 5.74) is -0.397. The number of alkyl halides is 3. The second kappa shape index (κ2) is 3.62. The molecule has 80 valence electrons. The Hall–Kier alpha value is -0.310. The molecule has 1 heterocycles. The van der Waals surface area contributed by atoms with Crippen molar-refractivity contribution in [1.29, 1.82) is 0 Å². The molecule has 0 saturated heterocycles. The molecule has 15 heavy (non-hydrogen) atoms. The molecule has 0 amide bonds. The Kier molecular flexibility index (Phi) is 2.70. The van der Waals surface area contributed by atoms with Crippen molar-refractivity contribution in [3.63, 3.8) is 0 Å². The summed E-state index contributed by atoms with van der Waals surface area (Å²) in [4.78, 5) is 0. The average molecular weight is 391 g/mol. The number of aromatic amines is 1. The lowest BCUT2D eigenvalue weighted by molar-refractivity contribution is -0.137. The molecular formula is C8H3BrF3IN2. The summed E-state index contributed by atoms with van der Waals surface area (Å²) in [7, 11) is 0. The van der Waals surface area contributed by atoms with Crippen LogP contribution in [0.3, 0.4) is 0 Å². The normalized spacial score (nSPS) is 12.3. The number of aromatic nitrogens is 2. The van der Waals surface area contributed by atoms with Gasteiger partial charge in [0, 0.05) is 9.86 Å². The quantitative estimate of drug-likeness (QED) is 0.678. The molecule has 0 fully saturated rings. The highest BCUT2D eigenvalue weighted by molar-refractivity contribution is 14.1. The van der Waals surface area contributed by atoms with Crippen LogP contribution in [0.4, 0.5) is 13.2 Å². The molecule has 2 nitrogen and oxygen atoms in total. The van der Waals surface area contributed by atoms with Gasteiger partial charge in [-0.15, -0.1) is 0 Å². The van der Waals surface area contributed by atoms with Gasteiger partial charge in [0.1, 0.15) is 3.70 Å². The molecule has 1 N–H and O–H groups in total. The number of benzene rings is 1. The summed E-state index contributed by atoms with van der Waals surface area (Å²) in [5, 5.41) is 7.10. The van der Waals surface area contributed by atoms with Crippen molar-refractivity contribution in [3.05, 3.63) is 25.9 Å². The second-order valence-corrected chi connectivity index (χ2v) is 4.82. The maximum atomic E-state index is 12.4. The van der Waals surface area contributed by atoms with E-state index in [1.165, 1.54) is 0 Å². The van der Waals surface area contributed by atoms with Crippen LogP contribution in [0.2, 0.25) is 0 Å². The SMILES string of the molecule is FC(F)(F)c1cc(Br)c2c(I)[nH]nc2c1. The fourth-order valence-electron chi connectivity index (χ4n) is 1.23. The molecule has 0 atom stereocenters. The van der Waals surface area contributed by atoms with Gasteiger partial charge in [-0.2, -0.15) is 18.3 Å². The minimum absolute atomic E-state index is 0.307. The van der Waals surface area contributed by atoms with Gasteiger partial charge >= 0.3 is 6.18 Å². The summed E-state index contributed by atoms with van der Waals surface area (Å²) in [5.74, 6) is 0. The molecule has 0 saturated carbocycles. The molecule has 0 spiro atoms. The molecule has 2 rings (SSSR count). The van der Waals surface area contributed by atoms with Gasteiger partial charge in [0.05, 0.1) is 11.1 Å². The Labute approximate surface area is 105 Å². The van der Waals surface area contributed by atoms with E-state index in [0.717, 1.165) is 12.1 Å². The molecule has 0 unspecified atom stereocenters. The van der Waals surface area contributed by atoms with Gasteiger partial charge in [-0.25, -0.2) is 0 Å². The second-order valence-electron chi connectivity index (χ2n) is 2.89.